The fraction of sp³-hybridized carbons (Fsp3) is 0.458. The third-order valence-electron chi connectivity index (χ3n) is 5.78. The van der Waals surface area contributed by atoms with Crippen LogP contribution in [0.2, 0.25) is 0 Å². The van der Waals surface area contributed by atoms with E-state index in [-0.39, 0.29) is 6.04 Å². The monoisotopic (exact) mass is 422 g/mol. The van der Waals surface area contributed by atoms with E-state index in [4.69, 9.17) is 4.99 Å². The Morgan fingerprint density at radius 1 is 1.10 bits per heavy atom. The number of benzene rings is 1. The first-order valence-corrected chi connectivity index (χ1v) is 11.3. The van der Waals surface area contributed by atoms with Gasteiger partial charge in [0.05, 0.1) is 11.3 Å². The van der Waals surface area contributed by atoms with Crippen LogP contribution in [0.5, 0.6) is 0 Å². The minimum absolute atomic E-state index is 0.273. The fourth-order valence-electron chi connectivity index (χ4n) is 4.02. The van der Waals surface area contributed by atoms with Crippen molar-refractivity contribution in [1.29, 1.82) is 0 Å². The van der Waals surface area contributed by atoms with E-state index in [0.717, 1.165) is 33.5 Å². The van der Waals surface area contributed by atoms with Crippen molar-refractivity contribution in [3.05, 3.63) is 63.0 Å². The summed E-state index contributed by atoms with van der Waals surface area (Å²) in [7, 11) is 0. The minimum atomic E-state index is -0.867. The molecule has 1 aliphatic heterocycles. The largest absolute Gasteiger partial charge is 0.390 e. The molecule has 1 aliphatic rings. The molecule has 3 heterocycles. The summed E-state index contributed by atoms with van der Waals surface area (Å²) in [6, 6.07) is 8.45. The predicted octanol–water partition coefficient (Wildman–Crippen LogP) is 5.43. The van der Waals surface area contributed by atoms with E-state index < -0.39 is 5.60 Å². The maximum Gasteiger partial charge on any atom is 0.163 e. The van der Waals surface area contributed by atoms with Crippen LogP contribution in [0.1, 0.15) is 84.9 Å². The molecule has 1 atom stereocenters. The Morgan fingerprint density at radius 2 is 1.77 bits per heavy atom. The molecule has 0 aliphatic carbocycles. The number of rotatable bonds is 4. The van der Waals surface area contributed by atoms with Gasteiger partial charge in [-0.1, -0.05) is 38.1 Å². The minimum Gasteiger partial charge on any atom is -0.390 e. The fourth-order valence-corrected chi connectivity index (χ4v) is 5.24. The molecule has 2 aromatic heterocycles. The zero-order valence-corrected chi connectivity index (χ0v) is 19.6. The SMILES string of the molecule is Cc1sc2c(c1C)C(c1ccc(C(C)C)cc1)=N[C@@H](CC(C)(C)O)c1nnc(C)n1-2. The molecule has 0 radical (unpaired) electrons. The van der Waals surface area contributed by atoms with Gasteiger partial charge < -0.3 is 5.11 Å². The van der Waals surface area contributed by atoms with Crippen LogP contribution in [-0.2, 0) is 0 Å². The zero-order valence-electron chi connectivity index (χ0n) is 18.8. The lowest BCUT2D eigenvalue weighted by Crippen LogP contribution is -2.23. The zero-order chi connectivity index (χ0) is 21.8. The van der Waals surface area contributed by atoms with Gasteiger partial charge in [0.1, 0.15) is 16.9 Å². The molecule has 30 heavy (non-hydrogen) atoms. The van der Waals surface area contributed by atoms with E-state index in [9.17, 15) is 5.11 Å². The molecule has 0 spiro atoms. The molecule has 0 saturated heterocycles. The van der Waals surface area contributed by atoms with E-state index in [1.54, 1.807) is 11.3 Å². The van der Waals surface area contributed by atoms with Crippen molar-refractivity contribution in [1.82, 2.24) is 14.8 Å². The summed E-state index contributed by atoms with van der Waals surface area (Å²) in [5, 5.41) is 20.6. The number of hydrogen-bond acceptors (Lipinski definition) is 5. The van der Waals surface area contributed by atoms with Crippen molar-refractivity contribution in [2.45, 2.75) is 72.4 Å². The number of hydrogen-bond donors (Lipinski definition) is 1. The summed E-state index contributed by atoms with van der Waals surface area (Å²) >= 11 is 1.76. The molecule has 0 unspecified atom stereocenters. The van der Waals surface area contributed by atoms with Crippen molar-refractivity contribution < 1.29 is 5.11 Å². The van der Waals surface area contributed by atoms with Crippen LogP contribution in [-0.4, -0.2) is 31.2 Å². The summed E-state index contributed by atoms with van der Waals surface area (Å²) in [5.74, 6) is 2.13. The molecule has 0 saturated carbocycles. The first-order chi connectivity index (χ1) is 14.1. The molecule has 0 amide bonds. The second-order valence-corrected chi connectivity index (χ2v) is 10.4. The number of aromatic nitrogens is 3. The van der Waals surface area contributed by atoms with Crippen LogP contribution in [0.15, 0.2) is 29.3 Å². The quantitative estimate of drug-likeness (QED) is 0.610. The highest BCUT2D eigenvalue weighted by Gasteiger charge is 2.33. The predicted molar refractivity (Wildman–Crippen MR) is 123 cm³/mol. The van der Waals surface area contributed by atoms with Crippen LogP contribution in [0.4, 0.5) is 0 Å². The third kappa shape index (κ3) is 3.63. The topological polar surface area (TPSA) is 63.3 Å². The van der Waals surface area contributed by atoms with E-state index in [1.165, 1.54) is 16.0 Å². The lowest BCUT2D eigenvalue weighted by Gasteiger charge is -2.22. The smallest absolute Gasteiger partial charge is 0.163 e. The number of aliphatic hydroxyl groups is 1. The van der Waals surface area contributed by atoms with Crippen LogP contribution < -0.4 is 0 Å². The van der Waals surface area contributed by atoms with Gasteiger partial charge in [0, 0.05) is 22.4 Å². The average Bonchev–Trinajstić information content (AvgIpc) is 3.13. The standard InChI is InChI=1S/C24H30N4OS/c1-13(2)17-8-10-18(11-9-17)21-20-14(3)15(4)30-23(20)28-16(5)26-27-22(28)19(25-21)12-24(6,7)29/h8-11,13,19,29H,12H2,1-7H3/t19-/m0/s1. The lowest BCUT2D eigenvalue weighted by molar-refractivity contribution is 0.0628. The van der Waals surface area contributed by atoms with Crippen molar-refractivity contribution in [2.24, 2.45) is 4.99 Å². The van der Waals surface area contributed by atoms with Crippen molar-refractivity contribution in [2.75, 3.05) is 0 Å². The Kier molecular flexibility index (Phi) is 5.19. The summed E-state index contributed by atoms with van der Waals surface area (Å²) in [5.41, 5.74) is 4.91. The Labute approximate surface area is 182 Å². The van der Waals surface area contributed by atoms with Gasteiger partial charge in [0.15, 0.2) is 5.82 Å². The van der Waals surface area contributed by atoms with Gasteiger partial charge in [-0.15, -0.1) is 21.5 Å². The molecule has 158 valence electrons. The first kappa shape index (κ1) is 20.9. The number of thiophene rings is 1. The highest BCUT2D eigenvalue weighted by Crippen LogP contribution is 2.40. The van der Waals surface area contributed by atoms with Crippen molar-refractivity contribution >= 4 is 17.0 Å². The van der Waals surface area contributed by atoms with Gasteiger partial charge >= 0.3 is 0 Å². The summed E-state index contributed by atoms with van der Waals surface area (Å²) in [4.78, 5) is 6.49. The van der Waals surface area contributed by atoms with Crippen LogP contribution in [0, 0.1) is 20.8 Å². The number of nitrogens with zero attached hydrogens (tertiary/aromatic N) is 4. The van der Waals surface area contributed by atoms with E-state index in [0.29, 0.717) is 12.3 Å². The van der Waals surface area contributed by atoms with Crippen molar-refractivity contribution in [3.63, 3.8) is 0 Å². The lowest BCUT2D eigenvalue weighted by atomic mass is 9.95. The second kappa shape index (κ2) is 7.43. The van der Waals surface area contributed by atoms with Gasteiger partial charge in [-0.05, 0) is 51.7 Å². The number of aliphatic imine (C=N–C) groups is 1. The Morgan fingerprint density at radius 3 is 2.37 bits per heavy atom. The van der Waals surface area contributed by atoms with Crippen molar-refractivity contribution in [3.8, 4) is 5.00 Å². The molecular formula is C24H30N4OS. The molecular weight excluding hydrogens is 392 g/mol. The highest BCUT2D eigenvalue weighted by molar-refractivity contribution is 7.15. The van der Waals surface area contributed by atoms with Crippen LogP contribution >= 0.6 is 11.3 Å². The molecule has 5 nitrogen and oxygen atoms in total. The van der Waals surface area contributed by atoms with Crippen LogP contribution in [0.3, 0.4) is 0 Å². The van der Waals surface area contributed by atoms with E-state index in [2.05, 4.69) is 66.7 Å². The van der Waals surface area contributed by atoms with Gasteiger partial charge in [0.25, 0.3) is 0 Å². The number of fused-ring (bicyclic) bond motifs is 3. The van der Waals surface area contributed by atoms with E-state index in [1.807, 2.05) is 20.8 Å². The maximum atomic E-state index is 10.6. The van der Waals surface area contributed by atoms with Gasteiger partial charge in [-0.2, -0.15) is 0 Å². The summed E-state index contributed by atoms with van der Waals surface area (Å²) in [6.45, 7) is 14.4. The normalized spacial score (nSPS) is 16.3. The molecule has 0 bridgehead atoms. The Hall–Kier alpha value is -2.31. The number of aryl methyl sites for hydroxylation is 2. The maximum absolute atomic E-state index is 10.6. The van der Waals surface area contributed by atoms with Gasteiger partial charge in [-0.3, -0.25) is 9.56 Å². The molecule has 4 rings (SSSR count). The molecule has 1 N–H and O–H groups in total. The molecule has 3 aromatic rings. The molecule has 6 heteroatoms. The van der Waals surface area contributed by atoms with Crippen LogP contribution in [0.25, 0.3) is 5.00 Å². The highest BCUT2D eigenvalue weighted by atomic mass is 32.1. The summed E-state index contributed by atoms with van der Waals surface area (Å²) in [6.07, 6.45) is 0.478. The van der Waals surface area contributed by atoms with Gasteiger partial charge in [0.2, 0.25) is 0 Å². The second-order valence-electron chi connectivity index (χ2n) is 9.19. The Bertz CT molecular complexity index is 1110. The first-order valence-electron chi connectivity index (χ1n) is 10.5. The molecule has 1 aromatic carbocycles. The molecule has 0 fully saturated rings. The average molecular weight is 423 g/mol. The summed E-state index contributed by atoms with van der Waals surface area (Å²) < 4.78 is 2.13. The van der Waals surface area contributed by atoms with E-state index >= 15 is 0 Å². The Balaban J connectivity index is 1.97. The van der Waals surface area contributed by atoms with Gasteiger partial charge in [-0.25, -0.2) is 0 Å². The third-order valence-corrected chi connectivity index (χ3v) is 6.98.